The van der Waals surface area contributed by atoms with Gasteiger partial charge in [0.15, 0.2) is 0 Å². The van der Waals surface area contributed by atoms with Gasteiger partial charge in [-0.1, -0.05) is 6.08 Å². The number of rotatable bonds is 3. The van der Waals surface area contributed by atoms with Crippen molar-refractivity contribution >= 4 is 28.9 Å². The van der Waals surface area contributed by atoms with E-state index in [0.29, 0.717) is 5.75 Å². The van der Waals surface area contributed by atoms with Crippen LogP contribution in [0.3, 0.4) is 0 Å². The molecule has 0 saturated carbocycles. The topological polar surface area (TPSA) is 46.1 Å². The van der Waals surface area contributed by atoms with Gasteiger partial charge in [-0.05, 0) is 0 Å². The van der Waals surface area contributed by atoms with Crippen LogP contribution in [0.25, 0.3) is 0 Å². The first-order valence-electron chi connectivity index (χ1n) is 1.84. The summed E-state index contributed by atoms with van der Waals surface area (Å²) in [4.78, 5) is 20.3. The van der Waals surface area contributed by atoms with Crippen molar-refractivity contribution in [2.45, 2.75) is 0 Å². The van der Waals surface area contributed by atoms with Gasteiger partial charge in [-0.25, -0.2) is 0 Å². The molecule has 0 aromatic rings. The molecule has 0 N–H and O–H groups in total. The molecule has 0 aliphatic heterocycles. The fraction of sp³-hybridized carbons (Fsp3) is 0.333. The minimum absolute atomic E-state index is 0. The standard InChI is InChI=1S/C3H7O2PS2.Zn/c1-2-3-8-6(4,5)7;/h2H,1,3H2,(H2,4,5,7);/q;+2/p-2. The molecule has 0 aliphatic rings. The van der Waals surface area contributed by atoms with Gasteiger partial charge in [-0.3, -0.25) is 0 Å². The summed E-state index contributed by atoms with van der Waals surface area (Å²) in [6.45, 7) is 3.34. The fourth-order valence-electron chi connectivity index (χ4n) is 0.144. The van der Waals surface area contributed by atoms with Crippen LogP contribution in [0.1, 0.15) is 0 Å². The summed E-state index contributed by atoms with van der Waals surface area (Å²) in [6.07, 6.45) is 1.50. The van der Waals surface area contributed by atoms with Gasteiger partial charge in [0.25, 0.3) is 0 Å². The van der Waals surface area contributed by atoms with Gasteiger partial charge in [-0.2, -0.15) is 17.1 Å². The quantitative estimate of drug-likeness (QED) is 0.386. The maximum absolute atomic E-state index is 10.1. The SMILES string of the molecule is C=CCSP([O-])([O-])=S.[Zn+2]. The van der Waals surface area contributed by atoms with Crippen molar-refractivity contribution in [3.05, 3.63) is 12.7 Å². The molecule has 0 unspecified atom stereocenters. The molecule has 0 aliphatic carbocycles. The van der Waals surface area contributed by atoms with E-state index in [1.165, 1.54) is 6.08 Å². The van der Waals surface area contributed by atoms with Crippen molar-refractivity contribution in [3.8, 4) is 0 Å². The average Bonchev–Trinajstić information content (AvgIpc) is 1.59. The van der Waals surface area contributed by atoms with Crippen LogP contribution in [-0.2, 0) is 31.3 Å². The zero-order valence-electron chi connectivity index (χ0n) is 4.78. The molecule has 0 aromatic heterocycles. The summed E-state index contributed by atoms with van der Waals surface area (Å²) in [5, 5.41) is 0. The van der Waals surface area contributed by atoms with Crippen molar-refractivity contribution in [2.24, 2.45) is 0 Å². The molecule has 0 saturated heterocycles. The zero-order chi connectivity index (χ0) is 6.62. The van der Waals surface area contributed by atoms with E-state index in [1.807, 2.05) is 0 Å². The van der Waals surface area contributed by atoms with Crippen molar-refractivity contribution < 1.29 is 29.3 Å². The van der Waals surface area contributed by atoms with Gasteiger partial charge >= 0.3 is 19.5 Å². The molecular weight excluding hydrogens is 229 g/mol. The molecular formula is C3H5O2PS2Zn. The summed E-state index contributed by atoms with van der Waals surface area (Å²) in [5.74, 6) is 0.379. The number of hydrogen-bond acceptors (Lipinski definition) is 4. The summed E-state index contributed by atoms with van der Waals surface area (Å²) < 4.78 is 0. The van der Waals surface area contributed by atoms with Crippen molar-refractivity contribution in [1.82, 2.24) is 0 Å². The second-order valence-electron chi connectivity index (χ2n) is 1.03. The third-order valence-electron chi connectivity index (χ3n) is 0.351. The van der Waals surface area contributed by atoms with Gasteiger partial charge in [-0.15, -0.1) is 18.4 Å². The van der Waals surface area contributed by atoms with Crippen LogP contribution in [0.4, 0.5) is 0 Å². The van der Waals surface area contributed by atoms with Gasteiger partial charge in [0.1, 0.15) is 0 Å². The van der Waals surface area contributed by atoms with Gasteiger partial charge in [0.05, 0.1) is 0 Å². The Labute approximate surface area is 76.4 Å². The maximum Gasteiger partial charge on any atom is 2.00 e. The Hall–Kier alpha value is 1.28. The molecule has 0 amide bonds. The second-order valence-corrected chi connectivity index (χ2v) is 6.87. The van der Waals surface area contributed by atoms with Gasteiger partial charge < -0.3 is 9.79 Å². The Morgan fingerprint density at radius 1 is 1.67 bits per heavy atom. The van der Waals surface area contributed by atoms with E-state index in [0.717, 1.165) is 11.4 Å². The fourth-order valence-corrected chi connectivity index (χ4v) is 1.84. The minimum atomic E-state index is -3.50. The molecule has 2 nitrogen and oxygen atoms in total. The normalized spacial score (nSPS) is 10.0. The second kappa shape index (κ2) is 6.02. The van der Waals surface area contributed by atoms with E-state index < -0.39 is 5.69 Å². The number of hydrogen-bond donors (Lipinski definition) is 0. The van der Waals surface area contributed by atoms with Crippen LogP contribution in [0.2, 0.25) is 0 Å². The first-order valence-corrected chi connectivity index (χ1v) is 6.06. The Morgan fingerprint density at radius 2 is 2.11 bits per heavy atom. The molecule has 0 spiro atoms. The monoisotopic (exact) mass is 232 g/mol. The zero-order valence-corrected chi connectivity index (χ0v) is 10.3. The van der Waals surface area contributed by atoms with Gasteiger partial charge in [0.2, 0.25) is 0 Å². The van der Waals surface area contributed by atoms with Gasteiger partial charge in [0, 0.05) is 5.75 Å². The first-order chi connectivity index (χ1) is 3.56. The van der Waals surface area contributed by atoms with Crippen LogP contribution in [-0.4, -0.2) is 5.75 Å². The van der Waals surface area contributed by atoms with Crippen LogP contribution >= 0.6 is 17.1 Å². The Bertz CT molecular complexity index is 123. The van der Waals surface area contributed by atoms with Crippen molar-refractivity contribution in [1.29, 1.82) is 0 Å². The van der Waals surface area contributed by atoms with E-state index in [9.17, 15) is 9.79 Å². The minimum Gasteiger partial charge on any atom is -0.825 e. The first kappa shape index (κ1) is 12.9. The van der Waals surface area contributed by atoms with Crippen LogP contribution < -0.4 is 9.79 Å². The summed E-state index contributed by atoms with van der Waals surface area (Å²) in [7, 11) is 0. The molecule has 48 valence electrons. The Balaban J connectivity index is 0. The van der Waals surface area contributed by atoms with E-state index in [-0.39, 0.29) is 19.5 Å². The van der Waals surface area contributed by atoms with E-state index in [2.05, 4.69) is 18.4 Å². The predicted molar refractivity (Wildman–Crippen MR) is 36.9 cm³/mol. The Kier molecular flexibility index (Phi) is 8.64. The summed E-state index contributed by atoms with van der Waals surface area (Å²) in [6, 6.07) is 0. The molecule has 0 aromatic carbocycles. The molecule has 0 bridgehead atoms. The van der Waals surface area contributed by atoms with Crippen LogP contribution in [0.15, 0.2) is 12.7 Å². The third kappa shape index (κ3) is 12.5. The average molecular weight is 234 g/mol. The predicted octanol–water partition coefficient (Wildman–Crippen LogP) is -0.152. The van der Waals surface area contributed by atoms with E-state index in [4.69, 9.17) is 0 Å². The maximum atomic E-state index is 10.1. The summed E-state index contributed by atoms with van der Waals surface area (Å²) in [5.41, 5.74) is -3.50. The largest absolute Gasteiger partial charge is 2.00 e. The third-order valence-corrected chi connectivity index (χ3v) is 3.40. The van der Waals surface area contributed by atoms with Crippen molar-refractivity contribution in [2.75, 3.05) is 5.75 Å². The van der Waals surface area contributed by atoms with Crippen LogP contribution in [0, 0.1) is 0 Å². The molecule has 0 fully saturated rings. The van der Waals surface area contributed by atoms with E-state index >= 15 is 0 Å². The van der Waals surface area contributed by atoms with Crippen LogP contribution in [0.5, 0.6) is 0 Å². The smallest absolute Gasteiger partial charge is 0.825 e. The van der Waals surface area contributed by atoms with Crippen molar-refractivity contribution in [3.63, 3.8) is 0 Å². The Morgan fingerprint density at radius 3 is 2.22 bits per heavy atom. The molecule has 9 heavy (non-hydrogen) atoms. The molecule has 0 radical (unpaired) electrons. The summed E-state index contributed by atoms with van der Waals surface area (Å²) >= 11 is 4.80. The molecule has 0 heterocycles. The molecule has 6 heteroatoms. The molecule has 0 atom stereocenters. The van der Waals surface area contributed by atoms with E-state index in [1.54, 1.807) is 0 Å². The molecule has 0 rings (SSSR count).